The molecule has 10 nitrogen and oxygen atoms in total. The molecule has 1 heterocycles. The summed E-state index contributed by atoms with van der Waals surface area (Å²) < 4.78 is 10.8. The van der Waals surface area contributed by atoms with E-state index in [0.29, 0.717) is 47.6 Å². The molecule has 10 heteroatoms. The number of carbonyl (C=O) groups is 2. The van der Waals surface area contributed by atoms with Crippen molar-refractivity contribution in [3.8, 4) is 11.5 Å². The van der Waals surface area contributed by atoms with Crippen LogP contribution in [-0.4, -0.2) is 55.6 Å². The molecule has 1 aromatic heterocycles. The molecule has 1 aliphatic rings. The van der Waals surface area contributed by atoms with Crippen LogP contribution in [0.1, 0.15) is 68.3 Å². The van der Waals surface area contributed by atoms with E-state index < -0.39 is 0 Å². The molecule has 1 aliphatic carbocycles. The number of aromatic nitrogens is 2. The Morgan fingerprint density at radius 1 is 1.02 bits per heavy atom. The Morgan fingerprint density at radius 2 is 1.76 bits per heavy atom. The largest absolute Gasteiger partial charge is 0.497 e. The minimum Gasteiger partial charge on any atom is -0.497 e. The summed E-state index contributed by atoms with van der Waals surface area (Å²) in [6.07, 6.45) is 7.66. The van der Waals surface area contributed by atoms with E-state index in [0.717, 1.165) is 42.9 Å². The summed E-state index contributed by atoms with van der Waals surface area (Å²) in [7, 11) is 4.96. The third-order valence-corrected chi connectivity index (χ3v) is 7.61. The quantitative estimate of drug-likeness (QED) is 0.268. The normalized spacial score (nSPS) is 13.0. The smallest absolute Gasteiger partial charge is 0.251 e. The van der Waals surface area contributed by atoms with Crippen LogP contribution < -0.4 is 29.9 Å². The van der Waals surface area contributed by atoms with Crippen molar-refractivity contribution in [2.75, 3.05) is 42.9 Å². The van der Waals surface area contributed by atoms with Gasteiger partial charge < -0.3 is 29.9 Å². The highest BCUT2D eigenvalue weighted by Gasteiger charge is 2.28. The maximum atomic E-state index is 12.9. The first-order valence-corrected chi connectivity index (χ1v) is 14.6. The van der Waals surface area contributed by atoms with Crippen LogP contribution in [0.2, 0.25) is 0 Å². The standard InChI is InChI=1S/C32H42N6O4/c1-6-18-38(24-10-8-9-11-24)30-27(37(3)29(39)7-2)21-34-32(36-30)35-26-17-14-23(19-28(26)42-5)31(40)33-20-22-12-15-25(41-4)16-13-22/h12-17,19,21,24H,6-11,18,20H2,1-5H3,(H,33,40)(H,34,35,36). The Hall–Kier alpha value is -4.34. The lowest BCUT2D eigenvalue weighted by Crippen LogP contribution is -2.37. The Morgan fingerprint density at radius 3 is 2.40 bits per heavy atom. The summed E-state index contributed by atoms with van der Waals surface area (Å²) in [5.41, 5.74) is 2.76. The van der Waals surface area contributed by atoms with Gasteiger partial charge in [0.1, 0.15) is 17.2 Å². The molecule has 224 valence electrons. The molecule has 0 spiro atoms. The zero-order chi connectivity index (χ0) is 30.1. The Labute approximate surface area is 248 Å². The highest BCUT2D eigenvalue weighted by Crippen LogP contribution is 2.35. The molecule has 0 aliphatic heterocycles. The van der Waals surface area contributed by atoms with Crippen LogP contribution >= 0.6 is 0 Å². The minimum absolute atomic E-state index is 0.00551. The first-order chi connectivity index (χ1) is 20.4. The van der Waals surface area contributed by atoms with E-state index in [1.54, 1.807) is 50.6 Å². The van der Waals surface area contributed by atoms with Crippen molar-refractivity contribution in [2.24, 2.45) is 0 Å². The van der Waals surface area contributed by atoms with Crippen LogP contribution in [-0.2, 0) is 11.3 Å². The first kappa shape index (κ1) is 30.6. The van der Waals surface area contributed by atoms with Crippen LogP contribution in [0.4, 0.5) is 23.1 Å². The number of ether oxygens (including phenoxy) is 2. The number of methoxy groups -OCH3 is 2. The predicted molar refractivity (Wildman–Crippen MR) is 166 cm³/mol. The van der Waals surface area contributed by atoms with Gasteiger partial charge in [0.2, 0.25) is 11.9 Å². The van der Waals surface area contributed by atoms with E-state index in [-0.39, 0.29) is 11.8 Å². The highest BCUT2D eigenvalue weighted by atomic mass is 16.5. The van der Waals surface area contributed by atoms with E-state index in [2.05, 4.69) is 27.4 Å². The maximum Gasteiger partial charge on any atom is 0.251 e. The second-order valence-corrected chi connectivity index (χ2v) is 10.4. The third-order valence-electron chi connectivity index (χ3n) is 7.61. The average molecular weight is 575 g/mol. The van der Waals surface area contributed by atoms with Gasteiger partial charge in [-0.3, -0.25) is 9.59 Å². The number of hydrogen-bond donors (Lipinski definition) is 2. The lowest BCUT2D eigenvalue weighted by molar-refractivity contribution is -0.118. The fraction of sp³-hybridized carbons (Fsp3) is 0.438. The van der Waals surface area contributed by atoms with Gasteiger partial charge in [-0.05, 0) is 55.2 Å². The number of carbonyl (C=O) groups excluding carboxylic acids is 2. The summed E-state index contributed by atoms with van der Waals surface area (Å²) in [5.74, 6) is 2.18. The maximum absolute atomic E-state index is 12.9. The molecule has 1 fully saturated rings. The summed E-state index contributed by atoms with van der Waals surface area (Å²) in [6.45, 7) is 5.23. The zero-order valence-electron chi connectivity index (χ0n) is 25.3. The molecule has 4 rings (SSSR count). The lowest BCUT2D eigenvalue weighted by atomic mass is 10.1. The molecule has 0 unspecified atom stereocenters. The molecule has 1 saturated carbocycles. The van der Waals surface area contributed by atoms with Crippen molar-refractivity contribution >= 4 is 35.0 Å². The molecule has 0 saturated heterocycles. The number of nitrogens with one attached hydrogen (secondary N) is 2. The van der Waals surface area contributed by atoms with Gasteiger partial charge in [0, 0.05) is 38.2 Å². The lowest BCUT2D eigenvalue weighted by Gasteiger charge is -2.33. The van der Waals surface area contributed by atoms with Crippen LogP contribution in [0.3, 0.4) is 0 Å². The Bertz CT molecular complexity index is 1360. The van der Waals surface area contributed by atoms with Crippen molar-refractivity contribution in [1.82, 2.24) is 15.3 Å². The number of hydrogen-bond acceptors (Lipinski definition) is 8. The number of anilines is 4. The van der Waals surface area contributed by atoms with Gasteiger partial charge >= 0.3 is 0 Å². The predicted octanol–water partition coefficient (Wildman–Crippen LogP) is 5.70. The van der Waals surface area contributed by atoms with Gasteiger partial charge in [-0.2, -0.15) is 4.98 Å². The van der Waals surface area contributed by atoms with Crippen LogP contribution in [0, 0.1) is 0 Å². The summed E-state index contributed by atoms with van der Waals surface area (Å²) >= 11 is 0. The van der Waals surface area contributed by atoms with Gasteiger partial charge in [0.25, 0.3) is 5.91 Å². The van der Waals surface area contributed by atoms with E-state index in [1.165, 1.54) is 12.8 Å². The molecule has 42 heavy (non-hydrogen) atoms. The highest BCUT2D eigenvalue weighted by molar-refractivity contribution is 5.96. The van der Waals surface area contributed by atoms with Crippen LogP contribution in [0.5, 0.6) is 11.5 Å². The minimum atomic E-state index is -0.214. The van der Waals surface area contributed by atoms with Gasteiger partial charge in [-0.15, -0.1) is 0 Å². The van der Waals surface area contributed by atoms with Crippen molar-refractivity contribution in [1.29, 1.82) is 0 Å². The molecule has 2 N–H and O–H groups in total. The van der Waals surface area contributed by atoms with Crippen LogP contribution in [0.15, 0.2) is 48.7 Å². The third kappa shape index (κ3) is 7.29. The topological polar surface area (TPSA) is 109 Å². The molecule has 0 bridgehead atoms. The fourth-order valence-corrected chi connectivity index (χ4v) is 5.25. The average Bonchev–Trinajstić information content (AvgIpc) is 3.57. The molecule has 3 aromatic rings. The molecule has 0 radical (unpaired) electrons. The first-order valence-electron chi connectivity index (χ1n) is 14.6. The van der Waals surface area contributed by atoms with E-state index in [1.807, 2.05) is 31.2 Å². The molecule has 0 atom stereocenters. The SMILES string of the molecule is CCCN(c1nc(Nc2ccc(C(=O)NCc3ccc(OC)cc3)cc2OC)ncc1N(C)C(=O)CC)C1CCCC1. The van der Waals surface area contributed by atoms with Crippen molar-refractivity contribution in [3.05, 3.63) is 59.8 Å². The van der Waals surface area contributed by atoms with E-state index in [9.17, 15) is 9.59 Å². The fourth-order valence-electron chi connectivity index (χ4n) is 5.25. The van der Waals surface area contributed by atoms with Crippen LogP contribution in [0.25, 0.3) is 0 Å². The number of benzene rings is 2. The van der Waals surface area contributed by atoms with Crippen molar-refractivity contribution in [3.63, 3.8) is 0 Å². The van der Waals surface area contributed by atoms with Gasteiger partial charge in [-0.25, -0.2) is 4.98 Å². The Balaban J connectivity index is 1.57. The number of rotatable bonds is 13. The molecular formula is C32H42N6O4. The van der Waals surface area contributed by atoms with E-state index >= 15 is 0 Å². The monoisotopic (exact) mass is 574 g/mol. The summed E-state index contributed by atoms with van der Waals surface area (Å²) in [6, 6.07) is 13.1. The molecule has 2 amide bonds. The second kappa shape index (κ2) is 14.5. The second-order valence-electron chi connectivity index (χ2n) is 10.4. The van der Waals surface area contributed by atoms with Gasteiger partial charge in [-0.1, -0.05) is 38.8 Å². The van der Waals surface area contributed by atoms with E-state index in [4.69, 9.17) is 14.5 Å². The Kier molecular flexibility index (Phi) is 10.6. The molecular weight excluding hydrogens is 532 g/mol. The zero-order valence-corrected chi connectivity index (χ0v) is 25.3. The van der Waals surface area contributed by atoms with Crippen molar-refractivity contribution < 1.29 is 19.1 Å². The molecule has 2 aromatic carbocycles. The van der Waals surface area contributed by atoms with Gasteiger partial charge in [0.05, 0.1) is 26.1 Å². The van der Waals surface area contributed by atoms with Crippen molar-refractivity contribution in [2.45, 2.75) is 65.0 Å². The summed E-state index contributed by atoms with van der Waals surface area (Å²) in [4.78, 5) is 39.0. The van der Waals surface area contributed by atoms with Gasteiger partial charge in [0.15, 0.2) is 5.82 Å². The summed E-state index contributed by atoms with van der Waals surface area (Å²) in [5, 5.41) is 6.22. The number of amides is 2. The number of nitrogens with zero attached hydrogens (tertiary/aromatic N) is 4.